The Balaban J connectivity index is 2.22. The highest BCUT2D eigenvalue weighted by Gasteiger charge is 2.38. The molecule has 0 spiro atoms. The van der Waals surface area contributed by atoms with E-state index in [4.69, 9.17) is 15.2 Å². The summed E-state index contributed by atoms with van der Waals surface area (Å²) in [6.07, 6.45) is 7.07. The lowest BCUT2D eigenvalue weighted by molar-refractivity contribution is -0.0442. The van der Waals surface area contributed by atoms with Gasteiger partial charge in [-0.2, -0.15) is 0 Å². The van der Waals surface area contributed by atoms with Crippen LogP contribution in [-0.2, 0) is 4.74 Å². The molecule has 0 bridgehead atoms. The molecule has 1 aliphatic carbocycles. The topological polar surface area (TPSA) is 44.5 Å². The number of hydrogen-bond acceptors (Lipinski definition) is 3. The minimum absolute atomic E-state index is 0.0917. The molecule has 0 radical (unpaired) electrons. The van der Waals surface area contributed by atoms with Crippen LogP contribution in [0.5, 0.6) is 5.75 Å². The van der Waals surface area contributed by atoms with Gasteiger partial charge in [-0.1, -0.05) is 37.8 Å². The molecule has 1 saturated carbocycles. The number of rotatable bonds is 5. The molecule has 1 fully saturated rings. The summed E-state index contributed by atoms with van der Waals surface area (Å²) in [6.45, 7) is 2.67. The van der Waals surface area contributed by atoms with E-state index in [1.165, 1.54) is 25.7 Å². The zero-order chi connectivity index (χ0) is 14.4. The first-order chi connectivity index (χ1) is 9.72. The maximum Gasteiger partial charge on any atom is 0.119 e. The van der Waals surface area contributed by atoms with Crippen molar-refractivity contribution >= 4 is 0 Å². The zero-order valence-corrected chi connectivity index (χ0v) is 12.7. The summed E-state index contributed by atoms with van der Waals surface area (Å²) in [5, 5.41) is 0. The van der Waals surface area contributed by atoms with Crippen LogP contribution in [-0.4, -0.2) is 19.3 Å². The second kappa shape index (κ2) is 7.09. The van der Waals surface area contributed by atoms with Crippen LogP contribution in [0.15, 0.2) is 24.3 Å². The summed E-state index contributed by atoms with van der Waals surface area (Å²) in [7, 11) is 1.80. The van der Waals surface area contributed by atoms with Gasteiger partial charge < -0.3 is 15.2 Å². The van der Waals surface area contributed by atoms with E-state index in [1.807, 2.05) is 19.1 Å². The van der Waals surface area contributed by atoms with Crippen LogP contribution in [0.2, 0.25) is 0 Å². The van der Waals surface area contributed by atoms with Crippen LogP contribution in [0.25, 0.3) is 0 Å². The van der Waals surface area contributed by atoms with Crippen molar-refractivity contribution in [1.29, 1.82) is 0 Å². The highest BCUT2D eigenvalue weighted by Crippen LogP contribution is 2.39. The molecule has 1 aliphatic rings. The minimum atomic E-state index is -0.221. The van der Waals surface area contributed by atoms with Gasteiger partial charge in [0.15, 0.2) is 0 Å². The molecule has 0 aliphatic heterocycles. The SMILES string of the molecule is CCOc1cccc(C(N)C2(OC)CCCCCC2)c1. The summed E-state index contributed by atoms with van der Waals surface area (Å²) in [4.78, 5) is 0. The van der Waals surface area contributed by atoms with Crippen molar-refractivity contribution in [3.05, 3.63) is 29.8 Å². The first-order valence-electron chi connectivity index (χ1n) is 7.75. The van der Waals surface area contributed by atoms with Gasteiger partial charge in [-0.25, -0.2) is 0 Å². The second-order valence-corrected chi connectivity index (χ2v) is 5.67. The molecule has 0 aromatic heterocycles. The van der Waals surface area contributed by atoms with Gasteiger partial charge in [-0.3, -0.25) is 0 Å². The molecule has 0 saturated heterocycles. The predicted octanol–water partition coefficient (Wildman–Crippen LogP) is 3.82. The van der Waals surface area contributed by atoms with Gasteiger partial charge in [0.1, 0.15) is 5.75 Å². The quantitative estimate of drug-likeness (QED) is 0.832. The number of hydrogen-bond donors (Lipinski definition) is 1. The van der Waals surface area contributed by atoms with Crippen LogP contribution in [0.3, 0.4) is 0 Å². The Labute approximate surface area is 122 Å². The summed E-state index contributed by atoms with van der Waals surface area (Å²) in [6, 6.07) is 8.04. The highest BCUT2D eigenvalue weighted by atomic mass is 16.5. The molecular formula is C17H27NO2. The largest absolute Gasteiger partial charge is 0.494 e. The Morgan fingerprint density at radius 3 is 2.50 bits per heavy atom. The molecule has 20 heavy (non-hydrogen) atoms. The fraction of sp³-hybridized carbons (Fsp3) is 0.647. The predicted molar refractivity (Wildman–Crippen MR) is 82.0 cm³/mol. The van der Waals surface area contributed by atoms with Gasteiger partial charge in [0, 0.05) is 7.11 Å². The Morgan fingerprint density at radius 1 is 1.20 bits per heavy atom. The summed E-state index contributed by atoms with van der Waals surface area (Å²) in [5.74, 6) is 0.889. The van der Waals surface area contributed by atoms with Crippen LogP contribution in [0.1, 0.15) is 57.1 Å². The van der Waals surface area contributed by atoms with Crippen LogP contribution < -0.4 is 10.5 Å². The fourth-order valence-corrected chi connectivity index (χ4v) is 3.24. The normalized spacial score (nSPS) is 20.1. The van der Waals surface area contributed by atoms with Crippen molar-refractivity contribution in [2.24, 2.45) is 5.73 Å². The fourth-order valence-electron chi connectivity index (χ4n) is 3.24. The first-order valence-corrected chi connectivity index (χ1v) is 7.75. The number of ether oxygens (including phenoxy) is 2. The van der Waals surface area contributed by atoms with Crippen molar-refractivity contribution < 1.29 is 9.47 Å². The zero-order valence-electron chi connectivity index (χ0n) is 12.7. The molecule has 112 valence electrons. The van der Waals surface area contributed by atoms with Crippen LogP contribution in [0, 0.1) is 0 Å². The average molecular weight is 277 g/mol. The van der Waals surface area contributed by atoms with E-state index in [0.717, 1.165) is 24.2 Å². The lowest BCUT2D eigenvalue weighted by Crippen LogP contribution is -2.42. The maximum atomic E-state index is 6.57. The van der Waals surface area contributed by atoms with Gasteiger partial charge in [0.05, 0.1) is 18.2 Å². The van der Waals surface area contributed by atoms with E-state index in [2.05, 4.69) is 12.1 Å². The van der Waals surface area contributed by atoms with E-state index in [-0.39, 0.29) is 11.6 Å². The van der Waals surface area contributed by atoms with E-state index in [9.17, 15) is 0 Å². The Hall–Kier alpha value is -1.06. The third kappa shape index (κ3) is 3.33. The number of methoxy groups -OCH3 is 1. The lowest BCUT2D eigenvalue weighted by Gasteiger charge is -2.37. The van der Waals surface area contributed by atoms with Crippen molar-refractivity contribution in [3.63, 3.8) is 0 Å². The third-order valence-corrected chi connectivity index (χ3v) is 4.45. The molecule has 3 nitrogen and oxygen atoms in total. The summed E-state index contributed by atoms with van der Waals surface area (Å²) < 4.78 is 11.5. The molecular weight excluding hydrogens is 250 g/mol. The molecule has 2 N–H and O–H groups in total. The van der Waals surface area contributed by atoms with Crippen molar-refractivity contribution in [3.8, 4) is 5.75 Å². The molecule has 3 heteroatoms. The molecule has 1 atom stereocenters. The standard InChI is InChI=1S/C17H27NO2/c1-3-20-15-10-8-9-14(13-15)16(18)17(19-2)11-6-4-5-7-12-17/h8-10,13,16H,3-7,11-12,18H2,1-2H3. The molecule has 2 rings (SSSR count). The van der Waals surface area contributed by atoms with E-state index in [1.54, 1.807) is 7.11 Å². The van der Waals surface area contributed by atoms with E-state index in [0.29, 0.717) is 6.61 Å². The smallest absolute Gasteiger partial charge is 0.119 e. The number of nitrogens with two attached hydrogens (primary N) is 1. The van der Waals surface area contributed by atoms with Gasteiger partial charge in [0.25, 0.3) is 0 Å². The second-order valence-electron chi connectivity index (χ2n) is 5.67. The maximum absolute atomic E-state index is 6.57. The monoisotopic (exact) mass is 277 g/mol. The molecule has 1 aromatic carbocycles. The number of benzene rings is 1. The Kier molecular flexibility index (Phi) is 5.44. The molecule has 0 amide bonds. The Morgan fingerprint density at radius 2 is 1.90 bits per heavy atom. The van der Waals surface area contributed by atoms with Crippen LogP contribution >= 0.6 is 0 Å². The minimum Gasteiger partial charge on any atom is -0.494 e. The van der Waals surface area contributed by atoms with E-state index < -0.39 is 0 Å². The van der Waals surface area contributed by atoms with Gasteiger partial charge in [0.2, 0.25) is 0 Å². The highest BCUT2D eigenvalue weighted by molar-refractivity contribution is 5.32. The first kappa shape index (κ1) is 15.3. The lowest BCUT2D eigenvalue weighted by atomic mass is 9.82. The summed E-state index contributed by atoms with van der Waals surface area (Å²) >= 11 is 0. The average Bonchev–Trinajstić information content (AvgIpc) is 2.73. The van der Waals surface area contributed by atoms with Crippen molar-refractivity contribution in [1.82, 2.24) is 0 Å². The van der Waals surface area contributed by atoms with Crippen molar-refractivity contribution in [2.75, 3.05) is 13.7 Å². The van der Waals surface area contributed by atoms with E-state index >= 15 is 0 Å². The van der Waals surface area contributed by atoms with Crippen LogP contribution in [0.4, 0.5) is 0 Å². The van der Waals surface area contributed by atoms with Gasteiger partial charge in [-0.15, -0.1) is 0 Å². The Bertz CT molecular complexity index is 411. The molecule has 0 heterocycles. The summed E-state index contributed by atoms with van der Waals surface area (Å²) in [5.41, 5.74) is 7.46. The third-order valence-electron chi connectivity index (χ3n) is 4.45. The van der Waals surface area contributed by atoms with Gasteiger partial charge in [-0.05, 0) is 37.5 Å². The van der Waals surface area contributed by atoms with Crippen molar-refractivity contribution in [2.45, 2.75) is 57.1 Å². The molecule has 1 aromatic rings. The van der Waals surface area contributed by atoms with Gasteiger partial charge >= 0.3 is 0 Å². The molecule has 1 unspecified atom stereocenters.